The lowest BCUT2D eigenvalue weighted by molar-refractivity contribution is -0.137. The lowest BCUT2D eigenvalue weighted by Gasteiger charge is -2.29. The molecule has 0 aliphatic carbocycles. The molecule has 0 radical (unpaired) electrons. The molecule has 0 unspecified atom stereocenters. The molecule has 4 rings (SSSR count). The number of aryl methyl sites for hydroxylation is 1. The second-order valence-corrected chi connectivity index (χ2v) is 7.83. The monoisotopic (exact) mass is 462 g/mol. The summed E-state index contributed by atoms with van der Waals surface area (Å²) in [6, 6.07) is 12.6. The number of esters is 1. The second kappa shape index (κ2) is 10.9. The highest BCUT2D eigenvalue weighted by molar-refractivity contribution is 5.87. The Hall–Kier alpha value is -3.78. The van der Waals surface area contributed by atoms with E-state index in [1.165, 1.54) is 12.1 Å². The van der Waals surface area contributed by atoms with Crippen LogP contribution in [-0.4, -0.2) is 48.8 Å². The molecule has 0 spiro atoms. The Bertz CT molecular complexity index is 1190. The van der Waals surface area contributed by atoms with Crippen LogP contribution in [0.3, 0.4) is 0 Å². The number of benzene rings is 2. The predicted octanol–water partition coefficient (Wildman–Crippen LogP) is 4.75. The Morgan fingerprint density at radius 1 is 1.24 bits per heavy atom. The number of aromatic nitrogens is 2. The first kappa shape index (κ1) is 23.4. The van der Waals surface area contributed by atoms with Gasteiger partial charge in [-0.2, -0.15) is 4.98 Å². The van der Waals surface area contributed by atoms with Crippen molar-refractivity contribution in [3.05, 3.63) is 71.7 Å². The lowest BCUT2D eigenvalue weighted by Crippen LogP contribution is -2.37. The van der Waals surface area contributed by atoms with Gasteiger partial charge in [-0.1, -0.05) is 18.2 Å². The van der Waals surface area contributed by atoms with Gasteiger partial charge in [0.15, 0.2) is 0 Å². The fraction of sp³-hybridized carbons (Fsp3) is 0.269. The molecule has 0 saturated carbocycles. The van der Waals surface area contributed by atoms with Gasteiger partial charge in [-0.3, -0.25) is 0 Å². The third kappa shape index (κ3) is 5.77. The van der Waals surface area contributed by atoms with Crippen LogP contribution in [0.5, 0.6) is 0 Å². The van der Waals surface area contributed by atoms with Crippen LogP contribution >= 0.6 is 0 Å². The standard InChI is InChI=1S/C26H27FN4O3/c1-3-34-24(32)10-7-19-5-4-6-20(16-19)22-17-28-26(29-21-8-9-23(27)18(2)15-21)30-25(22)31-11-13-33-14-12-31/h4-10,15-17H,3,11-14H2,1-2H3,(H,28,29,30)/b10-7+. The molecular formula is C26H27FN4O3. The van der Waals surface area contributed by atoms with E-state index in [1.807, 2.05) is 24.3 Å². The zero-order valence-electron chi connectivity index (χ0n) is 19.3. The van der Waals surface area contributed by atoms with Crippen LogP contribution in [0.2, 0.25) is 0 Å². The van der Waals surface area contributed by atoms with Crippen LogP contribution < -0.4 is 10.2 Å². The molecule has 1 saturated heterocycles. The number of anilines is 3. The van der Waals surface area contributed by atoms with Gasteiger partial charge < -0.3 is 19.7 Å². The minimum absolute atomic E-state index is 0.257. The molecule has 2 aromatic carbocycles. The molecule has 1 aliphatic rings. The van der Waals surface area contributed by atoms with Gasteiger partial charge in [0.1, 0.15) is 11.6 Å². The highest BCUT2D eigenvalue weighted by Crippen LogP contribution is 2.31. The molecule has 2 heterocycles. The quantitative estimate of drug-likeness (QED) is 0.401. The van der Waals surface area contributed by atoms with Crippen LogP contribution in [0.4, 0.5) is 21.8 Å². The van der Waals surface area contributed by atoms with Crippen molar-refractivity contribution >= 4 is 29.5 Å². The van der Waals surface area contributed by atoms with E-state index in [0.29, 0.717) is 50.1 Å². The predicted molar refractivity (Wildman–Crippen MR) is 131 cm³/mol. The number of rotatable bonds is 7. The van der Waals surface area contributed by atoms with Gasteiger partial charge in [0.25, 0.3) is 0 Å². The van der Waals surface area contributed by atoms with Crippen molar-refractivity contribution in [1.29, 1.82) is 0 Å². The van der Waals surface area contributed by atoms with Crippen molar-refractivity contribution in [2.75, 3.05) is 43.1 Å². The van der Waals surface area contributed by atoms with E-state index in [-0.39, 0.29) is 11.8 Å². The number of hydrogen-bond acceptors (Lipinski definition) is 7. The van der Waals surface area contributed by atoms with Crippen molar-refractivity contribution in [3.63, 3.8) is 0 Å². The first-order valence-corrected chi connectivity index (χ1v) is 11.2. The smallest absolute Gasteiger partial charge is 0.330 e. The number of nitrogens with one attached hydrogen (secondary N) is 1. The van der Waals surface area contributed by atoms with Crippen molar-refractivity contribution in [2.24, 2.45) is 0 Å². The summed E-state index contributed by atoms with van der Waals surface area (Å²) >= 11 is 0. The summed E-state index contributed by atoms with van der Waals surface area (Å²) < 4.78 is 24.1. The van der Waals surface area contributed by atoms with E-state index in [1.54, 1.807) is 38.3 Å². The molecule has 8 heteroatoms. The Morgan fingerprint density at radius 3 is 2.82 bits per heavy atom. The second-order valence-electron chi connectivity index (χ2n) is 7.83. The molecular weight excluding hydrogens is 435 g/mol. The fourth-order valence-electron chi connectivity index (χ4n) is 3.67. The summed E-state index contributed by atoms with van der Waals surface area (Å²) in [7, 11) is 0. The van der Waals surface area contributed by atoms with E-state index >= 15 is 0 Å². The van der Waals surface area contributed by atoms with Crippen LogP contribution in [0.15, 0.2) is 54.7 Å². The molecule has 3 aromatic rings. The van der Waals surface area contributed by atoms with E-state index in [9.17, 15) is 9.18 Å². The summed E-state index contributed by atoms with van der Waals surface area (Å²) in [6.45, 7) is 6.48. The Labute approximate surface area is 198 Å². The van der Waals surface area contributed by atoms with Crippen molar-refractivity contribution in [1.82, 2.24) is 9.97 Å². The first-order valence-electron chi connectivity index (χ1n) is 11.2. The van der Waals surface area contributed by atoms with Gasteiger partial charge in [0.05, 0.1) is 19.8 Å². The van der Waals surface area contributed by atoms with E-state index in [0.717, 1.165) is 22.5 Å². The van der Waals surface area contributed by atoms with Crippen molar-refractivity contribution in [2.45, 2.75) is 13.8 Å². The molecule has 176 valence electrons. The zero-order valence-corrected chi connectivity index (χ0v) is 19.3. The van der Waals surface area contributed by atoms with Gasteiger partial charge in [-0.05, 0) is 60.9 Å². The van der Waals surface area contributed by atoms with Gasteiger partial charge in [0, 0.05) is 36.6 Å². The van der Waals surface area contributed by atoms with E-state index < -0.39 is 0 Å². The Balaban J connectivity index is 1.67. The van der Waals surface area contributed by atoms with Crippen LogP contribution in [0.25, 0.3) is 17.2 Å². The molecule has 0 amide bonds. The van der Waals surface area contributed by atoms with Crippen LogP contribution in [0, 0.1) is 12.7 Å². The SMILES string of the molecule is CCOC(=O)/C=C/c1cccc(-c2cnc(Nc3ccc(F)c(C)c3)nc2N2CCOCC2)c1. The van der Waals surface area contributed by atoms with Crippen molar-refractivity contribution in [3.8, 4) is 11.1 Å². The minimum atomic E-state index is -0.378. The van der Waals surface area contributed by atoms with Crippen molar-refractivity contribution < 1.29 is 18.7 Å². The molecule has 0 bridgehead atoms. The average Bonchev–Trinajstić information content (AvgIpc) is 2.86. The van der Waals surface area contributed by atoms with Gasteiger partial charge in [-0.15, -0.1) is 0 Å². The Kier molecular flexibility index (Phi) is 7.49. The maximum absolute atomic E-state index is 13.6. The van der Waals surface area contributed by atoms with E-state index in [4.69, 9.17) is 14.5 Å². The maximum atomic E-state index is 13.6. The van der Waals surface area contributed by atoms with E-state index in [2.05, 4.69) is 15.2 Å². The summed E-state index contributed by atoms with van der Waals surface area (Å²) in [5, 5.41) is 3.18. The largest absolute Gasteiger partial charge is 0.463 e. The number of carbonyl (C=O) groups is 1. The maximum Gasteiger partial charge on any atom is 0.330 e. The third-order valence-electron chi connectivity index (χ3n) is 5.39. The first-order chi connectivity index (χ1) is 16.5. The summed E-state index contributed by atoms with van der Waals surface area (Å²) in [4.78, 5) is 23.2. The Morgan fingerprint density at radius 2 is 2.06 bits per heavy atom. The number of nitrogens with zero attached hydrogens (tertiary/aromatic N) is 3. The summed E-state index contributed by atoms with van der Waals surface area (Å²) in [6.07, 6.45) is 4.92. The normalized spacial score (nSPS) is 13.8. The summed E-state index contributed by atoms with van der Waals surface area (Å²) in [5.41, 5.74) is 3.92. The lowest BCUT2D eigenvalue weighted by atomic mass is 10.0. The van der Waals surface area contributed by atoms with Gasteiger partial charge in [0.2, 0.25) is 5.95 Å². The molecule has 1 N–H and O–H groups in total. The highest BCUT2D eigenvalue weighted by Gasteiger charge is 2.19. The molecule has 7 nitrogen and oxygen atoms in total. The van der Waals surface area contributed by atoms with Gasteiger partial charge >= 0.3 is 5.97 Å². The number of halogens is 1. The molecule has 1 aromatic heterocycles. The third-order valence-corrected chi connectivity index (χ3v) is 5.39. The fourth-order valence-corrected chi connectivity index (χ4v) is 3.67. The number of hydrogen-bond donors (Lipinski definition) is 1. The van der Waals surface area contributed by atoms with Crippen LogP contribution in [0.1, 0.15) is 18.1 Å². The number of morpholine rings is 1. The number of ether oxygens (including phenoxy) is 2. The van der Waals surface area contributed by atoms with Gasteiger partial charge in [-0.25, -0.2) is 14.2 Å². The number of carbonyl (C=O) groups excluding carboxylic acids is 1. The topological polar surface area (TPSA) is 76.6 Å². The summed E-state index contributed by atoms with van der Waals surface area (Å²) in [5.74, 6) is 0.574. The molecule has 34 heavy (non-hydrogen) atoms. The van der Waals surface area contributed by atoms with Crippen LogP contribution in [-0.2, 0) is 14.3 Å². The molecule has 0 atom stereocenters. The average molecular weight is 463 g/mol. The zero-order chi connectivity index (χ0) is 23.9. The molecule has 1 fully saturated rings. The molecule has 1 aliphatic heterocycles. The highest BCUT2D eigenvalue weighted by atomic mass is 19.1. The minimum Gasteiger partial charge on any atom is -0.463 e.